The van der Waals surface area contributed by atoms with Gasteiger partial charge < -0.3 is 9.80 Å². The van der Waals surface area contributed by atoms with Gasteiger partial charge in [0.05, 0.1) is 23.0 Å². The van der Waals surface area contributed by atoms with E-state index in [0.29, 0.717) is 12.3 Å². The summed E-state index contributed by atoms with van der Waals surface area (Å²) in [6.07, 6.45) is 4.90. The van der Waals surface area contributed by atoms with E-state index in [1.54, 1.807) is 11.8 Å². The highest BCUT2D eigenvalue weighted by Crippen LogP contribution is 2.30. The number of thioether (sulfide) groups is 1. The second kappa shape index (κ2) is 11.8. The van der Waals surface area contributed by atoms with Crippen molar-refractivity contribution in [1.82, 2.24) is 24.6 Å². The Bertz CT molecular complexity index is 1330. The summed E-state index contributed by atoms with van der Waals surface area (Å²) in [5, 5.41) is 5.66. The lowest BCUT2D eigenvalue weighted by Gasteiger charge is -2.24. The van der Waals surface area contributed by atoms with Crippen LogP contribution in [0.4, 0.5) is 5.82 Å². The molecule has 1 fully saturated rings. The average Bonchev–Trinajstić information content (AvgIpc) is 3.21. The van der Waals surface area contributed by atoms with Crippen LogP contribution in [0.3, 0.4) is 0 Å². The molecule has 1 atom stereocenters. The molecule has 7 nitrogen and oxygen atoms in total. The van der Waals surface area contributed by atoms with Gasteiger partial charge in [0.1, 0.15) is 11.6 Å². The van der Waals surface area contributed by atoms with E-state index < -0.39 is 0 Å². The minimum atomic E-state index is 0.192. The van der Waals surface area contributed by atoms with Gasteiger partial charge in [0.15, 0.2) is 5.65 Å². The Morgan fingerprint density at radius 3 is 2.49 bits per heavy atom. The Kier molecular flexibility index (Phi) is 8.04. The zero-order valence-corrected chi connectivity index (χ0v) is 22.4. The highest BCUT2D eigenvalue weighted by Gasteiger charge is 2.24. The quantitative estimate of drug-likeness (QED) is 0.287. The molecule has 2 aromatic heterocycles. The van der Waals surface area contributed by atoms with Crippen LogP contribution in [0, 0.1) is 0 Å². The number of rotatable bonds is 8. The molecule has 0 N–H and O–H groups in total. The van der Waals surface area contributed by atoms with Gasteiger partial charge >= 0.3 is 0 Å². The first-order chi connectivity index (χ1) is 18.1. The third kappa shape index (κ3) is 5.80. The van der Waals surface area contributed by atoms with Crippen molar-refractivity contribution in [2.75, 3.05) is 36.8 Å². The number of carbonyl (C=O) groups is 1. The first-order valence-corrected chi connectivity index (χ1v) is 14.1. The van der Waals surface area contributed by atoms with Gasteiger partial charge in [-0.15, -0.1) is 11.8 Å². The maximum Gasteiger partial charge on any atom is 0.232 e. The molecule has 0 radical (unpaired) electrons. The van der Waals surface area contributed by atoms with Crippen molar-refractivity contribution in [3.63, 3.8) is 0 Å². The molecular weight excluding hydrogens is 480 g/mol. The molecule has 192 valence electrons. The fourth-order valence-corrected chi connectivity index (χ4v) is 5.65. The summed E-state index contributed by atoms with van der Waals surface area (Å²) < 4.78 is 1.91. The molecule has 0 aliphatic carbocycles. The van der Waals surface area contributed by atoms with Gasteiger partial charge in [0.25, 0.3) is 0 Å². The SMILES string of the molecule is CCC[C@H](C)c1nc(N2CCCN(C(=O)CSc3ccccc3)CC2)c2cnn(-c3ccccc3)c2n1. The molecule has 37 heavy (non-hydrogen) atoms. The fourth-order valence-electron chi connectivity index (χ4n) is 4.82. The first-order valence-electron chi connectivity index (χ1n) is 13.2. The zero-order valence-electron chi connectivity index (χ0n) is 21.6. The van der Waals surface area contributed by atoms with Crippen LogP contribution in [0.25, 0.3) is 16.7 Å². The number of carbonyl (C=O) groups excluding carboxylic acids is 1. The molecule has 4 aromatic rings. The lowest BCUT2D eigenvalue weighted by atomic mass is 10.1. The van der Waals surface area contributed by atoms with E-state index in [4.69, 9.17) is 15.1 Å². The molecule has 0 saturated carbocycles. The molecule has 8 heteroatoms. The Morgan fingerprint density at radius 2 is 1.73 bits per heavy atom. The lowest BCUT2D eigenvalue weighted by Crippen LogP contribution is -2.36. The van der Waals surface area contributed by atoms with Crippen molar-refractivity contribution in [3.8, 4) is 5.69 Å². The highest BCUT2D eigenvalue weighted by molar-refractivity contribution is 8.00. The van der Waals surface area contributed by atoms with E-state index in [2.05, 4.69) is 30.9 Å². The molecule has 2 aromatic carbocycles. The molecule has 5 rings (SSSR count). The summed E-state index contributed by atoms with van der Waals surface area (Å²) in [7, 11) is 0. The third-order valence-corrected chi connectivity index (χ3v) is 7.84. The molecule has 1 aliphatic rings. The molecule has 3 heterocycles. The maximum absolute atomic E-state index is 13.0. The van der Waals surface area contributed by atoms with E-state index in [-0.39, 0.29) is 11.8 Å². The number of hydrogen-bond donors (Lipinski definition) is 0. The predicted octanol–water partition coefficient (Wildman–Crippen LogP) is 5.55. The summed E-state index contributed by atoms with van der Waals surface area (Å²) in [6, 6.07) is 20.3. The van der Waals surface area contributed by atoms with Gasteiger partial charge in [-0.25, -0.2) is 14.6 Å². The maximum atomic E-state index is 13.0. The summed E-state index contributed by atoms with van der Waals surface area (Å²) in [6.45, 7) is 7.44. The van der Waals surface area contributed by atoms with Crippen LogP contribution >= 0.6 is 11.8 Å². The molecular formula is C29H34N6OS. The molecule has 1 aliphatic heterocycles. The van der Waals surface area contributed by atoms with Gasteiger partial charge in [0, 0.05) is 37.0 Å². The lowest BCUT2D eigenvalue weighted by molar-refractivity contribution is -0.128. The van der Waals surface area contributed by atoms with Gasteiger partial charge in [0.2, 0.25) is 5.91 Å². The van der Waals surface area contributed by atoms with Crippen molar-refractivity contribution in [1.29, 1.82) is 0 Å². The molecule has 1 saturated heterocycles. The summed E-state index contributed by atoms with van der Waals surface area (Å²) in [5.41, 5.74) is 1.82. The van der Waals surface area contributed by atoms with Crippen molar-refractivity contribution in [3.05, 3.63) is 72.7 Å². The Balaban J connectivity index is 1.39. The summed E-state index contributed by atoms with van der Waals surface area (Å²) >= 11 is 1.60. The summed E-state index contributed by atoms with van der Waals surface area (Å²) in [4.78, 5) is 28.5. The topological polar surface area (TPSA) is 67.2 Å². The van der Waals surface area contributed by atoms with Gasteiger partial charge in [-0.1, -0.05) is 56.7 Å². The third-order valence-electron chi connectivity index (χ3n) is 6.84. The average molecular weight is 515 g/mol. The van der Waals surface area contributed by atoms with Crippen LogP contribution in [0.15, 0.2) is 71.8 Å². The van der Waals surface area contributed by atoms with Crippen LogP contribution in [-0.4, -0.2) is 62.5 Å². The monoisotopic (exact) mass is 514 g/mol. The number of aromatic nitrogens is 4. The number of benzene rings is 2. The Labute approximate surface area is 222 Å². The van der Waals surface area contributed by atoms with Gasteiger partial charge in [-0.3, -0.25) is 4.79 Å². The number of nitrogens with zero attached hydrogens (tertiary/aromatic N) is 6. The van der Waals surface area contributed by atoms with Crippen LogP contribution in [0.1, 0.15) is 44.9 Å². The van der Waals surface area contributed by atoms with Crippen LogP contribution < -0.4 is 4.90 Å². The standard InChI is InChI=1S/C29H34N6OS/c1-3-11-22(2)27-31-28(25-20-30-35(29(25)32-27)23-12-6-4-7-13-23)34-17-10-16-33(18-19-34)26(36)21-37-24-14-8-5-9-15-24/h4-9,12-15,20,22H,3,10-11,16-19,21H2,1-2H3/t22-/m0/s1. The largest absolute Gasteiger partial charge is 0.354 e. The molecule has 0 spiro atoms. The van der Waals surface area contributed by atoms with E-state index >= 15 is 0 Å². The van der Waals surface area contributed by atoms with E-state index in [1.165, 1.54) is 0 Å². The van der Waals surface area contributed by atoms with Gasteiger partial charge in [-0.2, -0.15) is 5.10 Å². The number of anilines is 1. The zero-order chi connectivity index (χ0) is 25.6. The number of amides is 1. The van der Waals surface area contributed by atoms with Crippen molar-refractivity contribution in [2.45, 2.75) is 43.9 Å². The van der Waals surface area contributed by atoms with Crippen molar-refractivity contribution < 1.29 is 4.79 Å². The second-order valence-electron chi connectivity index (χ2n) is 9.55. The van der Waals surface area contributed by atoms with E-state index in [0.717, 1.165) is 72.2 Å². The highest BCUT2D eigenvalue weighted by atomic mass is 32.2. The number of fused-ring (bicyclic) bond motifs is 1. The Morgan fingerprint density at radius 1 is 0.973 bits per heavy atom. The Hall–Kier alpha value is -3.39. The summed E-state index contributed by atoms with van der Waals surface area (Å²) in [5.74, 6) is 2.70. The van der Waals surface area contributed by atoms with Crippen LogP contribution in [0.5, 0.6) is 0 Å². The van der Waals surface area contributed by atoms with Crippen LogP contribution in [-0.2, 0) is 4.79 Å². The molecule has 0 unspecified atom stereocenters. The second-order valence-corrected chi connectivity index (χ2v) is 10.6. The molecule has 1 amide bonds. The normalized spacial score (nSPS) is 15.1. The van der Waals surface area contributed by atoms with E-state index in [1.807, 2.05) is 64.3 Å². The smallest absolute Gasteiger partial charge is 0.232 e. The molecule has 0 bridgehead atoms. The van der Waals surface area contributed by atoms with E-state index in [9.17, 15) is 4.79 Å². The minimum absolute atomic E-state index is 0.192. The number of para-hydroxylation sites is 1. The van der Waals surface area contributed by atoms with Crippen molar-refractivity contribution >= 4 is 34.5 Å². The minimum Gasteiger partial charge on any atom is -0.354 e. The first kappa shape index (κ1) is 25.3. The van der Waals surface area contributed by atoms with Gasteiger partial charge in [-0.05, 0) is 37.1 Å². The van der Waals surface area contributed by atoms with Crippen LogP contribution in [0.2, 0.25) is 0 Å². The number of hydrogen-bond acceptors (Lipinski definition) is 6. The predicted molar refractivity (Wildman–Crippen MR) is 151 cm³/mol. The van der Waals surface area contributed by atoms with Crippen molar-refractivity contribution in [2.24, 2.45) is 0 Å². The fraction of sp³-hybridized carbons (Fsp3) is 0.379.